The summed E-state index contributed by atoms with van der Waals surface area (Å²) in [6.45, 7) is 0. The smallest absolute Gasteiger partial charge is 0.258 e. The Bertz CT molecular complexity index is 675. The van der Waals surface area contributed by atoms with Gasteiger partial charge < -0.3 is 0 Å². The first kappa shape index (κ1) is 16.2. The maximum absolute atomic E-state index is 11.0. The molecular formula is C7H4BrN5O8. The van der Waals surface area contributed by atoms with Gasteiger partial charge in [0, 0.05) is 6.07 Å². The van der Waals surface area contributed by atoms with Crippen LogP contribution in [0.1, 0.15) is 0 Å². The SMILES string of the molecule is CN(c1c([N+](=O)[O-])cc(Br)c([N+](=O)[O-])c1[N+](=O)[O-])[N+](=O)[O-]. The summed E-state index contributed by atoms with van der Waals surface area (Å²) in [6.07, 6.45) is 0. The molecule has 0 radical (unpaired) electrons. The molecule has 0 bridgehead atoms. The molecule has 13 nitrogen and oxygen atoms in total. The Balaban J connectivity index is 3.98. The van der Waals surface area contributed by atoms with Gasteiger partial charge in [0.05, 0.1) is 21.8 Å². The number of nitro groups is 4. The lowest BCUT2D eigenvalue weighted by molar-refractivity contribution is -0.493. The molecule has 0 aliphatic carbocycles. The zero-order valence-corrected chi connectivity index (χ0v) is 11.5. The summed E-state index contributed by atoms with van der Waals surface area (Å²) in [4.78, 5) is 40.0. The summed E-state index contributed by atoms with van der Waals surface area (Å²) in [5, 5.41) is 42.3. The Labute approximate surface area is 122 Å². The van der Waals surface area contributed by atoms with E-state index in [0.717, 1.165) is 0 Å². The number of rotatable bonds is 5. The molecule has 1 rings (SSSR count). The van der Waals surface area contributed by atoms with Gasteiger partial charge in [-0.15, -0.1) is 0 Å². The quantitative estimate of drug-likeness (QED) is 0.555. The minimum absolute atomic E-state index is 0.0181. The van der Waals surface area contributed by atoms with Crippen LogP contribution in [0.4, 0.5) is 22.7 Å². The van der Waals surface area contributed by atoms with Gasteiger partial charge in [-0.25, -0.2) is 10.1 Å². The first-order valence-electron chi connectivity index (χ1n) is 4.77. The second kappa shape index (κ2) is 5.61. The van der Waals surface area contributed by atoms with Crippen molar-refractivity contribution in [1.82, 2.24) is 0 Å². The first-order valence-corrected chi connectivity index (χ1v) is 5.56. The van der Waals surface area contributed by atoms with Crippen molar-refractivity contribution in [2.45, 2.75) is 0 Å². The van der Waals surface area contributed by atoms with Crippen LogP contribution < -0.4 is 5.01 Å². The highest BCUT2D eigenvalue weighted by Gasteiger charge is 2.43. The average Bonchev–Trinajstić information content (AvgIpc) is 2.35. The maximum Gasteiger partial charge on any atom is 0.383 e. The largest absolute Gasteiger partial charge is 0.383 e. The number of nitro benzene ring substituents is 3. The molecular weight excluding hydrogens is 362 g/mol. The topological polar surface area (TPSA) is 176 Å². The van der Waals surface area contributed by atoms with Gasteiger partial charge in [-0.3, -0.25) is 30.3 Å². The van der Waals surface area contributed by atoms with E-state index in [0.29, 0.717) is 13.1 Å². The number of benzene rings is 1. The number of hydrogen-bond acceptors (Lipinski definition) is 8. The third kappa shape index (κ3) is 2.83. The number of anilines is 1. The van der Waals surface area contributed by atoms with Crippen molar-refractivity contribution < 1.29 is 19.8 Å². The molecule has 0 spiro atoms. The Morgan fingerprint density at radius 1 is 0.952 bits per heavy atom. The van der Waals surface area contributed by atoms with Gasteiger partial charge in [-0.1, -0.05) is 5.01 Å². The number of nitrogens with zero attached hydrogens (tertiary/aromatic N) is 5. The zero-order valence-electron chi connectivity index (χ0n) is 9.96. The zero-order chi connectivity index (χ0) is 16.5. The van der Waals surface area contributed by atoms with E-state index >= 15 is 0 Å². The van der Waals surface area contributed by atoms with Crippen LogP contribution in [-0.2, 0) is 0 Å². The normalized spacial score (nSPS) is 10.0. The monoisotopic (exact) mass is 365 g/mol. The van der Waals surface area contributed by atoms with Gasteiger partial charge in [0.1, 0.15) is 4.47 Å². The highest BCUT2D eigenvalue weighted by molar-refractivity contribution is 9.10. The van der Waals surface area contributed by atoms with Crippen molar-refractivity contribution >= 4 is 38.7 Å². The minimum Gasteiger partial charge on any atom is -0.258 e. The molecule has 0 saturated carbocycles. The molecule has 0 unspecified atom stereocenters. The summed E-state index contributed by atoms with van der Waals surface area (Å²) in [6, 6.07) is 0.598. The van der Waals surface area contributed by atoms with Crippen LogP contribution in [0.25, 0.3) is 0 Å². The first-order chi connectivity index (χ1) is 9.59. The molecule has 0 atom stereocenters. The van der Waals surface area contributed by atoms with Gasteiger partial charge in [0.25, 0.3) is 5.69 Å². The number of hydrazine groups is 1. The molecule has 21 heavy (non-hydrogen) atoms. The molecule has 1 aromatic rings. The van der Waals surface area contributed by atoms with Crippen LogP contribution in [0.3, 0.4) is 0 Å². The Hall–Kier alpha value is -2.90. The second-order valence-corrected chi connectivity index (χ2v) is 4.31. The molecule has 0 fully saturated rings. The summed E-state index contributed by atoms with van der Waals surface area (Å²) in [5.41, 5.74) is -4.57. The van der Waals surface area contributed by atoms with E-state index in [1.807, 2.05) is 0 Å². The second-order valence-electron chi connectivity index (χ2n) is 3.46. The lowest BCUT2D eigenvalue weighted by Gasteiger charge is -2.09. The lowest BCUT2D eigenvalue weighted by Crippen LogP contribution is -2.26. The molecule has 0 heterocycles. The molecule has 0 aliphatic heterocycles. The van der Waals surface area contributed by atoms with Gasteiger partial charge >= 0.3 is 17.1 Å². The fourth-order valence-electron chi connectivity index (χ4n) is 1.49. The van der Waals surface area contributed by atoms with E-state index < -0.39 is 47.0 Å². The molecule has 0 amide bonds. The summed E-state index contributed by atoms with van der Waals surface area (Å²) >= 11 is 2.62. The van der Waals surface area contributed by atoms with Crippen LogP contribution >= 0.6 is 15.9 Å². The summed E-state index contributed by atoms with van der Waals surface area (Å²) < 4.78 is -0.536. The Morgan fingerprint density at radius 3 is 1.76 bits per heavy atom. The maximum atomic E-state index is 11.0. The van der Waals surface area contributed by atoms with Crippen molar-refractivity contribution in [2.24, 2.45) is 0 Å². The van der Waals surface area contributed by atoms with Gasteiger partial charge in [-0.05, 0) is 15.9 Å². The fourth-order valence-corrected chi connectivity index (χ4v) is 2.04. The van der Waals surface area contributed by atoms with Crippen LogP contribution in [0.2, 0.25) is 0 Å². The van der Waals surface area contributed by atoms with Crippen LogP contribution in [0.15, 0.2) is 10.5 Å². The van der Waals surface area contributed by atoms with Crippen molar-refractivity contribution in [3.05, 3.63) is 51.0 Å². The van der Waals surface area contributed by atoms with E-state index in [1.54, 1.807) is 0 Å². The predicted molar refractivity (Wildman–Crippen MR) is 69.5 cm³/mol. The van der Waals surface area contributed by atoms with Crippen molar-refractivity contribution in [3.8, 4) is 0 Å². The Morgan fingerprint density at radius 2 is 1.43 bits per heavy atom. The number of hydrogen-bond donors (Lipinski definition) is 0. The Kier molecular flexibility index (Phi) is 4.32. The highest BCUT2D eigenvalue weighted by atomic mass is 79.9. The highest BCUT2D eigenvalue weighted by Crippen LogP contribution is 2.47. The molecule has 1 aromatic carbocycles. The van der Waals surface area contributed by atoms with Crippen molar-refractivity contribution in [1.29, 1.82) is 0 Å². The van der Waals surface area contributed by atoms with Crippen molar-refractivity contribution in [3.63, 3.8) is 0 Å². The van der Waals surface area contributed by atoms with Crippen LogP contribution in [0.5, 0.6) is 0 Å². The average molecular weight is 366 g/mol. The molecule has 112 valence electrons. The molecule has 0 aliphatic rings. The molecule has 0 saturated heterocycles. The van der Waals surface area contributed by atoms with E-state index in [4.69, 9.17) is 0 Å². The van der Waals surface area contributed by atoms with E-state index in [-0.39, 0.29) is 5.01 Å². The predicted octanol–water partition coefficient (Wildman–Crippen LogP) is 1.80. The minimum atomic E-state index is -1.35. The van der Waals surface area contributed by atoms with E-state index in [9.17, 15) is 40.5 Å². The fraction of sp³-hybridized carbons (Fsp3) is 0.143. The van der Waals surface area contributed by atoms with E-state index in [2.05, 4.69) is 15.9 Å². The van der Waals surface area contributed by atoms with Gasteiger partial charge in [0.2, 0.25) is 0 Å². The van der Waals surface area contributed by atoms with Gasteiger partial charge in [-0.2, -0.15) is 0 Å². The molecule has 0 aromatic heterocycles. The number of halogens is 1. The van der Waals surface area contributed by atoms with Crippen molar-refractivity contribution in [2.75, 3.05) is 12.1 Å². The molecule has 0 N–H and O–H groups in total. The summed E-state index contributed by atoms with van der Waals surface area (Å²) in [7, 11) is 0.701. The lowest BCUT2D eigenvalue weighted by atomic mass is 10.2. The van der Waals surface area contributed by atoms with Crippen LogP contribution in [-0.4, -0.2) is 26.8 Å². The van der Waals surface area contributed by atoms with Gasteiger partial charge in [0.15, 0.2) is 5.03 Å². The standard InChI is InChI=1S/C7H4BrN5O8/c1-9(13(20)21)6-4(10(14)15)2-3(8)5(11(16)17)7(6)12(18)19/h2H,1H3. The third-order valence-electron chi connectivity index (χ3n) is 2.31. The third-order valence-corrected chi connectivity index (χ3v) is 2.92. The van der Waals surface area contributed by atoms with E-state index in [1.165, 1.54) is 0 Å². The van der Waals surface area contributed by atoms with Crippen LogP contribution in [0, 0.1) is 40.5 Å². The molecule has 14 heteroatoms. The summed E-state index contributed by atoms with van der Waals surface area (Å²) in [5.74, 6) is 0.